The predicted molar refractivity (Wildman–Crippen MR) is 80.9 cm³/mol. The Labute approximate surface area is 123 Å². The third kappa shape index (κ3) is 4.31. The summed E-state index contributed by atoms with van der Waals surface area (Å²) in [5.41, 5.74) is 0.464. The first-order valence-electron chi connectivity index (χ1n) is 6.23. The van der Waals surface area contributed by atoms with Crippen LogP contribution in [-0.2, 0) is 0 Å². The molecule has 0 spiro atoms. The van der Waals surface area contributed by atoms with Crippen LogP contribution in [0.2, 0.25) is 0 Å². The Morgan fingerprint density at radius 2 is 1.85 bits per heavy atom. The topological polar surface area (TPSA) is 67.8 Å². The fourth-order valence-corrected chi connectivity index (χ4v) is 2.38. The second-order valence-electron chi connectivity index (χ2n) is 4.32. The summed E-state index contributed by atoms with van der Waals surface area (Å²) in [4.78, 5) is 12.2. The van der Waals surface area contributed by atoms with Gasteiger partial charge in [-0.05, 0) is 25.3 Å². The number of nitrogens with one attached hydrogen (secondary N) is 1. The van der Waals surface area contributed by atoms with Crippen LogP contribution in [0.4, 0.5) is 0 Å². The van der Waals surface area contributed by atoms with Crippen molar-refractivity contribution >= 4 is 17.7 Å². The molecule has 0 aliphatic rings. The van der Waals surface area contributed by atoms with Gasteiger partial charge in [0.1, 0.15) is 11.5 Å². The van der Waals surface area contributed by atoms with Crippen LogP contribution in [0.15, 0.2) is 18.2 Å². The molecule has 0 aliphatic heterocycles. The van der Waals surface area contributed by atoms with Gasteiger partial charge in [-0.15, -0.1) is 0 Å². The highest BCUT2D eigenvalue weighted by molar-refractivity contribution is 7.99. The van der Waals surface area contributed by atoms with E-state index in [1.54, 1.807) is 18.2 Å². The van der Waals surface area contributed by atoms with E-state index in [0.717, 1.165) is 0 Å². The number of carbonyl (C=O) groups excluding carboxylic acids is 1. The minimum atomic E-state index is -0.220. The number of methoxy groups -OCH3 is 2. The summed E-state index contributed by atoms with van der Waals surface area (Å²) in [6.45, 7) is 1.89. The molecule has 0 saturated heterocycles. The van der Waals surface area contributed by atoms with E-state index in [1.807, 2.05) is 13.2 Å². The van der Waals surface area contributed by atoms with Crippen molar-refractivity contribution < 1.29 is 19.4 Å². The SMILES string of the molecule is COc1cc(OC)cc(C(=O)NC(C)C(CO)SC)c1. The van der Waals surface area contributed by atoms with Crippen LogP contribution in [0.5, 0.6) is 11.5 Å². The Balaban J connectivity index is 2.86. The molecule has 1 rings (SSSR count). The lowest BCUT2D eigenvalue weighted by Crippen LogP contribution is -2.41. The van der Waals surface area contributed by atoms with E-state index < -0.39 is 0 Å². The van der Waals surface area contributed by atoms with Crippen molar-refractivity contribution in [1.82, 2.24) is 5.32 Å². The van der Waals surface area contributed by atoms with Crippen molar-refractivity contribution in [3.05, 3.63) is 23.8 Å². The molecular formula is C14H21NO4S. The van der Waals surface area contributed by atoms with Crippen molar-refractivity contribution in [1.29, 1.82) is 0 Å². The number of hydrogen-bond acceptors (Lipinski definition) is 5. The standard InChI is InChI=1S/C14H21NO4S/c1-9(13(8-16)20-4)15-14(17)10-5-11(18-2)7-12(6-10)19-3/h5-7,9,13,16H,8H2,1-4H3,(H,15,17). The fourth-order valence-electron chi connectivity index (χ4n) is 1.76. The van der Waals surface area contributed by atoms with Crippen LogP contribution in [-0.4, -0.2) is 49.4 Å². The van der Waals surface area contributed by atoms with Crippen LogP contribution in [0.1, 0.15) is 17.3 Å². The minimum Gasteiger partial charge on any atom is -0.497 e. The Kier molecular flexibility index (Phi) is 6.67. The van der Waals surface area contributed by atoms with Crippen molar-refractivity contribution in [2.24, 2.45) is 0 Å². The molecule has 0 aliphatic carbocycles. The maximum atomic E-state index is 12.2. The Morgan fingerprint density at radius 1 is 1.30 bits per heavy atom. The molecule has 1 amide bonds. The second kappa shape index (κ2) is 8.01. The summed E-state index contributed by atoms with van der Waals surface area (Å²) in [7, 11) is 3.07. The summed E-state index contributed by atoms with van der Waals surface area (Å²) in [5.74, 6) is 0.902. The third-order valence-corrected chi connectivity index (χ3v) is 4.18. The summed E-state index contributed by atoms with van der Waals surface area (Å²) in [6, 6.07) is 4.87. The summed E-state index contributed by atoms with van der Waals surface area (Å²) in [6.07, 6.45) is 1.90. The van der Waals surface area contributed by atoms with Gasteiger partial charge >= 0.3 is 0 Å². The number of rotatable bonds is 7. The van der Waals surface area contributed by atoms with Crippen molar-refractivity contribution in [3.8, 4) is 11.5 Å². The van der Waals surface area contributed by atoms with E-state index in [0.29, 0.717) is 17.1 Å². The van der Waals surface area contributed by atoms with E-state index in [9.17, 15) is 9.90 Å². The molecule has 2 N–H and O–H groups in total. The molecule has 2 atom stereocenters. The van der Waals surface area contributed by atoms with Gasteiger partial charge in [0.25, 0.3) is 5.91 Å². The third-order valence-electron chi connectivity index (χ3n) is 3.01. The fraction of sp³-hybridized carbons (Fsp3) is 0.500. The number of thioether (sulfide) groups is 1. The molecule has 5 nitrogen and oxygen atoms in total. The number of hydrogen-bond donors (Lipinski definition) is 2. The number of ether oxygens (including phenoxy) is 2. The lowest BCUT2D eigenvalue weighted by Gasteiger charge is -2.21. The van der Waals surface area contributed by atoms with Crippen molar-refractivity contribution in [2.45, 2.75) is 18.2 Å². The zero-order valence-electron chi connectivity index (χ0n) is 12.2. The van der Waals surface area contributed by atoms with Gasteiger partial charge in [-0.3, -0.25) is 4.79 Å². The molecule has 1 aromatic rings. The van der Waals surface area contributed by atoms with Crippen LogP contribution in [0.25, 0.3) is 0 Å². The molecule has 0 saturated carbocycles. The summed E-state index contributed by atoms with van der Waals surface area (Å²) in [5, 5.41) is 12.1. The maximum absolute atomic E-state index is 12.2. The Morgan fingerprint density at radius 3 is 2.25 bits per heavy atom. The number of benzene rings is 1. The molecule has 0 bridgehead atoms. The van der Waals surface area contributed by atoms with Crippen LogP contribution in [0, 0.1) is 0 Å². The van der Waals surface area contributed by atoms with Gasteiger partial charge < -0.3 is 19.9 Å². The number of aliphatic hydroxyl groups excluding tert-OH is 1. The van der Waals surface area contributed by atoms with Gasteiger partial charge in [-0.25, -0.2) is 0 Å². The highest BCUT2D eigenvalue weighted by Gasteiger charge is 2.19. The zero-order chi connectivity index (χ0) is 15.1. The molecule has 20 heavy (non-hydrogen) atoms. The summed E-state index contributed by atoms with van der Waals surface area (Å²) >= 11 is 1.52. The lowest BCUT2D eigenvalue weighted by molar-refractivity contribution is 0.0935. The Hall–Kier alpha value is -1.40. The smallest absolute Gasteiger partial charge is 0.251 e. The highest BCUT2D eigenvalue weighted by atomic mass is 32.2. The average Bonchev–Trinajstić information content (AvgIpc) is 2.47. The quantitative estimate of drug-likeness (QED) is 0.799. The van der Waals surface area contributed by atoms with Gasteiger partial charge in [0.2, 0.25) is 0 Å². The van der Waals surface area contributed by atoms with Crippen LogP contribution in [0.3, 0.4) is 0 Å². The molecule has 6 heteroatoms. The predicted octanol–water partition coefficient (Wildman–Crippen LogP) is 1.55. The maximum Gasteiger partial charge on any atom is 0.251 e. The second-order valence-corrected chi connectivity index (χ2v) is 5.40. The first kappa shape index (κ1) is 16.7. The van der Waals surface area contributed by atoms with E-state index in [-0.39, 0.29) is 23.8 Å². The highest BCUT2D eigenvalue weighted by Crippen LogP contribution is 2.22. The van der Waals surface area contributed by atoms with Gasteiger partial charge in [-0.1, -0.05) is 0 Å². The number of carbonyl (C=O) groups is 1. The van der Waals surface area contributed by atoms with Crippen LogP contribution < -0.4 is 14.8 Å². The monoisotopic (exact) mass is 299 g/mol. The molecule has 0 fully saturated rings. The van der Waals surface area contributed by atoms with E-state index in [1.165, 1.54) is 26.0 Å². The van der Waals surface area contributed by atoms with Crippen molar-refractivity contribution in [3.63, 3.8) is 0 Å². The van der Waals surface area contributed by atoms with E-state index >= 15 is 0 Å². The number of aliphatic hydroxyl groups is 1. The van der Waals surface area contributed by atoms with E-state index in [2.05, 4.69) is 5.32 Å². The first-order valence-corrected chi connectivity index (χ1v) is 7.52. The molecule has 0 heterocycles. The molecule has 1 aromatic carbocycles. The minimum absolute atomic E-state index is 0.0179. The molecule has 112 valence electrons. The molecule has 0 aromatic heterocycles. The number of amides is 1. The molecular weight excluding hydrogens is 278 g/mol. The van der Waals surface area contributed by atoms with Gasteiger partial charge in [0.05, 0.1) is 20.8 Å². The average molecular weight is 299 g/mol. The first-order chi connectivity index (χ1) is 9.55. The van der Waals surface area contributed by atoms with E-state index in [4.69, 9.17) is 9.47 Å². The molecule has 2 unspecified atom stereocenters. The lowest BCUT2D eigenvalue weighted by atomic mass is 10.1. The van der Waals surface area contributed by atoms with Crippen molar-refractivity contribution in [2.75, 3.05) is 27.1 Å². The Bertz CT molecular complexity index is 427. The largest absolute Gasteiger partial charge is 0.497 e. The van der Waals surface area contributed by atoms with Gasteiger partial charge in [0, 0.05) is 22.9 Å². The zero-order valence-corrected chi connectivity index (χ0v) is 13.0. The normalized spacial score (nSPS) is 13.4. The van der Waals surface area contributed by atoms with Gasteiger partial charge in [-0.2, -0.15) is 11.8 Å². The summed E-state index contributed by atoms with van der Waals surface area (Å²) < 4.78 is 10.3. The molecule has 0 radical (unpaired) electrons. The van der Waals surface area contributed by atoms with Crippen LogP contribution >= 0.6 is 11.8 Å². The van der Waals surface area contributed by atoms with Gasteiger partial charge in [0.15, 0.2) is 0 Å².